The van der Waals surface area contributed by atoms with Gasteiger partial charge in [-0.05, 0) is 79.9 Å². The summed E-state index contributed by atoms with van der Waals surface area (Å²) in [5, 5.41) is 0. The molecule has 0 spiro atoms. The van der Waals surface area contributed by atoms with E-state index in [0.717, 1.165) is 29.9 Å². The molecule has 0 aliphatic heterocycles. The summed E-state index contributed by atoms with van der Waals surface area (Å²) in [6, 6.07) is 21.6. The first-order valence-electron chi connectivity index (χ1n) is 14.9. The predicted molar refractivity (Wildman–Crippen MR) is 163 cm³/mol. The van der Waals surface area contributed by atoms with E-state index in [4.69, 9.17) is 18.9 Å². The van der Waals surface area contributed by atoms with Gasteiger partial charge in [0.15, 0.2) is 0 Å². The number of unbranched alkanes of at least 4 members (excludes halogenated alkanes) is 7. The number of esters is 2. The van der Waals surface area contributed by atoms with Crippen molar-refractivity contribution in [2.45, 2.75) is 78.2 Å². The molecule has 220 valence electrons. The topological polar surface area (TPSA) is 71.1 Å². The maximum absolute atomic E-state index is 12.7. The van der Waals surface area contributed by atoms with Crippen LogP contribution < -0.4 is 9.47 Å². The molecular formula is C35H44O6. The van der Waals surface area contributed by atoms with E-state index in [0.29, 0.717) is 30.1 Å². The normalized spacial score (nSPS) is 11.6. The standard InChI is InChI=1S/C35H44O6/c1-4-6-7-8-9-10-11-12-25-39-32-21-17-29(18-22-32)28-13-15-30(16-14-28)35(37)41-33-23-19-31(20-24-33)34(36)40-27(3)26-38-5-2/h13-24,27H,4-12,25-26H2,1-3H3. The first-order valence-corrected chi connectivity index (χ1v) is 14.9. The van der Waals surface area contributed by atoms with Crippen molar-refractivity contribution in [3.05, 3.63) is 83.9 Å². The number of carbonyl (C=O) groups excluding carboxylic acids is 2. The molecule has 0 heterocycles. The Balaban J connectivity index is 1.42. The average Bonchev–Trinajstić information content (AvgIpc) is 3.00. The molecule has 3 aromatic rings. The molecule has 0 aromatic heterocycles. The third kappa shape index (κ3) is 11.4. The Morgan fingerprint density at radius 3 is 1.76 bits per heavy atom. The van der Waals surface area contributed by atoms with Crippen LogP contribution in [0.3, 0.4) is 0 Å². The van der Waals surface area contributed by atoms with Crippen LogP contribution in [0.5, 0.6) is 11.5 Å². The molecule has 0 saturated carbocycles. The van der Waals surface area contributed by atoms with Gasteiger partial charge in [-0.3, -0.25) is 0 Å². The largest absolute Gasteiger partial charge is 0.494 e. The lowest BCUT2D eigenvalue weighted by Gasteiger charge is -2.13. The molecule has 0 radical (unpaired) electrons. The molecule has 1 unspecified atom stereocenters. The molecule has 1 atom stereocenters. The van der Waals surface area contributed by atoms with Crippen molar-refractivity contribution in [3.63, 3.8) is 0 Å². The third-order valence-electron chi connectivity index (χ3n) is 6.74. The SMILES string of the molecule is CCCCCCCCCCOc1ccc(-c2ccc(C(=O)Oc3ccc(C(=O)OC(C)COCC)cc3)cc2)cc1. The molecule has 0 aliphatic carbocycles. The first kappa shape index (κ1) is 31.9. The van der Waals surface area contributed by atoms with Crippen molar-refractivity contribution < 1.29 is 28.5 Å². The minimum atomic E-state index is -0.470. The minimum Gasteiger partial charge on any atom is -0.494 e. The second kappa shape index (κ2) is 17.9. The maximum atomic E-state index is 12.7. The molecule has 0 N–H and O–H groups in total. The van der Waals surface area contributed by atoms with Crippen molar-refractivity contribution >= 4 is 11.9 Å². The van der Waals surface area contributed by atoms with E-state index < -0.39 is 11.9 Å². The van der Waals surface area contributed by atoms with Crippen LogP contribution in [0.15, 0.2) is 72.8 Å². The fourth-order valence-electron chi connectivity index (χ4n) is 4.36. The first-order chi connectivity index (χ1) is 20.0. The summed E-state index contributed by atoms with van der Waals surface area (Å²) in [6.07, 6.45) is 9.91. The quantitative estimate of drug-likeness (QED) is 0.0880. The number of benzene rings is 3. The fourth-order valence-corrected chi connectivity index (χ4v) is 4.36. The smallest absolute Gasteiger partial charge is 0.343 e. The van der Waals surface area contributed by atoms with E-state index in [1.807, 2.05) is 43.3 Å². The summed E-state index contributed by atoms with van der Waals surface area (Å²) in [6.45, 7) is 7.56. The molecule has 41 heavy (non-hydrogen) atoms. The van der Waals surface area contributed by atoms with E-state index in [-0.39, 0.29) is 6.10 Å². The Kier molecular flexibility index (Phi) is 13.9. The number of rotatable bonds is 18. The second-order valence-electron chi connectivity index (χ2n) is 10.2. The zero-order valence-electron chi connectivity index (χ0n) is 24.7. The van der Waals surface area contributed by atoms with E-state index >= 15 is 0 Å². The van der Waals surface area contributed by atoms with Gasteiger partial charge >= 0.3 is 11.9 Å². The van der Waals surface area contributed by atoms with E-state index in [1.165, 1.54) is 44.9 Å². The van der Waals surface area contributed by atoms with Crippen LogP contribution in [-0.2, 0) is 9.47 Å². The lowest BCUT2D eigenvalue weighted by Crippen LogP contribution is -2.20. The van der Waals surface area contributed by atoms with Crippen LogP contribution in [0.4, 0.5) is 0 Å². The van der Waals surface area contributed by atoms with Gasteiger partial charge in [-0.1, -0.05) is 76.1 Å². The van der Waals surface area contributed by atoms with Gasteiger partial charge in [-0.2, -0.15) is 0 Å². The zero-order chi connectivity index (χ0) is 29.3. The Hall–Kier alpha value is -3.64. The van der Waals surface area contributed by atoms with E-state index in [2.05, 4.69) is 6.92 Å². The minimum absolute atomic E-state index is 0.343. The maximum Gasteiger partial charge on any atom is 0.343 e. The number of ether oxygens (including phenoxy) is 4. The van der Waals surface area contributed by atoms with Gasteiger partial charge in [0.2, 0.25) is 0 Å². The highest BCUT2D eigenvalue weighted by atomic mass is 16.6. The lowest BCUT2D eigenvalue weighted by atomic mass is 10.0. The van der Waals surface area contributed by atoms with Crippen molar-refractivity contribution in [3.8, 4) is 22.6 Å². The van der Waals surface area contributed by atoms with Crippen molar-refractivity contribution in [2.24, 2.45) is 0 Å². The van der Waals surface area contributed by atoms with Crippen LogP contribution in [0.1, 0.15) is 92.9 Å². The van der Waals surface area contributed by atoms with Crippen LogP contribution >= 0.6 is 0 Å². The monoisotopic (exact) mass is 560 g/mol. The summed E-state index contributed by atoms with van der Waals surface area (Å²) in [7, 11) is 0. The van der Waals surface area contributed by atoms with Crippen LogP contribution in [0.25, 0.3) is 11.1 Å². The predicted octanol–water partition coefficient (Wildman–Crippen LogP) is 8.67. The molecule has 6 heteroatoms. The Bertz CT molecular complexity index is 1170. The van der Waals surface area contributed by atoms with Crippen molar-refractivity contribution in [1.82, 2.24) is 0 Å². The van der Waals surface area contributed by atoms with Gasteiger partial charge in [-0.15, -0.1) is 0 Å². The van der Waals surface area contributed by atoms with Gasteiger partial charge in [0, 0.05) is 6.61 Å². The molecule has 0 amide bonds. The number of hydrogen-bond donors (Lipinski definition) is 0. The summed E-state index contributed by atoms with van der Waals surface area (Å²) in [4.78, 5) is 24.9. The van der Waals surface area contributed by atoms with E-state index in [1.54, 1.807) is 43.3 Å². The van der Waals surface area contributed by atoms with Crippen molar-refractivity contribution in [2.75, 3.05) is 19.8 Å². The van der Waals surface area contributed by atoms with Crippen LogP contribution in [0, 0.1) is 0 Å². The Labute approximate surface area is 245 Å². The summed E-state index contributed by atoms with van der Waals surface area (Å²) in [5.41, 5.74) is 2.86. The Morgan fingerprint density at radius 2 is 1.15 bits per heavy atom. The van der Waals surface area contributed by atoms with Gasteiger partial charge in [-0.25, -0.2) is 9.59 Å². The summed E-state index contributed by atoms with van der Waals surface area (Å²) >= 11 is 0. The fraction of sp³-hybridized carbons (Fsp3) is 0.429. The molecule has 0 bridgehead atoms. The number of hydrogen-bond acceptors (Lipinski definition) is 6. The average molecular weight is 561 g/mol. The van der Waals surface area contributed by atoms with E-state index in [9.17, 15) is 9.59 Å². The molecule has 3 aromatic carbocycles. The number of carbonyl (C=O) groups is 2. The van der Waals surface area contributed by atoms with Gasteiger partial charge in [0.05, 0.1) is 24.3 Å². The molecule has 0 fully saturated rings. The molecule has 6 nitrogen and oxygen atoms in total. The lowest BCUT2D eigenvalue weighted by molar-refractivity contribution is 0.00439. The van der Waals surface area contributed by atoms with Crippen LogP contribution in [0.2, 0.25) is 0 Å². The highest BCUT2D eigenvalue weighted by Crippen LogP contribution is 2.24. The van der Waals surface area contributed by atoms with Gasteiger partial charge in [0.25, 0.3) is 0 Å². The zero-order valence-corrected chi connectivity index (χ0v) is 24.7. The molecule has 0 aliphatic rings. The highest BCUT2D eigenvalue weighted by molar-refractivity contribution is 5.92. The Morgan fingerprint density at radius 1 is 0.634 bits per heavy atom. The molecule has 0 saturated heterocycles. The summed E-state index contributed by atoms with van der Waals surface area (Å²) in [5.74, 6) is 0.299. The molecule has 3 rings (SSSR count). The molecular weight excluding hydrogens is 516 g/mol. The summed E-state index contributed by atoms with van der Waals surface area (Å²) < 4.78 is 22.0. The third-order valence-corrected chi connectivity index (χ3v) is 6.74. The van der Waals surface area contributed by atoms with Gasteiger partial charge < -0.3 is 18.9 Å². The van der Waals surface area contributed by atoms with Gasteiger partial charge in [0.1, 0.15) is 17.6 Å². The second-order valence-corrected chi connectivity index (χ2v) is 10.2. The highest BCUT2D eigenvalue weighted by Gasteiger charge is 2.14. The van der Waals surface area contributed by atoms with Crippen LogP contribution in [-0.4, -0.2) is 37.9 Å². The van der Waals surface area contributed by atoms with Crippen molar-refractivity contribution in [1.29, 1.82) is 0 Å².